The van der Waals surface area contributed by atoms with Crippen molar-refractivity contribution in [1.29, 1.82) is 0 Å². The van der Waals surface area contributed by atoms with Gasteiger partial charge in [0.05, 0.1) is 14.2 Å². The zero-order chi connectivity index (χ0) is 25.2. The highest BCUT2D eigenvalue weighted by atomic mass is 16.5. The molecule has 0 saturated heterocycles. The second-order valence-corrected chi connectivity index (χ2v) is 7.63. The fourth-order valence-electron chi connectivity index (χ4n) is 3.36. The number of hydrogen-bond acceptors (Lipinski definition) is 4. The molecule has 2 aromatic rings. The van der Waals surface area contributed by atoms with Crippen molar-refractivity contribution in [2.24, 2.45) is 0 Å². The lowest BCUT2D eigenvalue weighted by atomic mass is 9.97. The summed E-state index contributed by atoms with van der Waals surface area (Å²) < 4.78 is 9.78. The summed E-state index contributed by atoms with van der Waals surface area (Å²) in [4.78, 5) is 21.9. The van der Waals surface area contributed by atoms with Gasteiger partial charge in [0.25, 0.3) is 0 Å². The van der Waals surface area contributed by atoms with E-state index in [4.69, 9.17) is 9.84 Å². The number of methoxy groups -OCH3 is 2. The molecule has 34 heavy (non-hydrogen) atoms. The summed E-state index contributed by atoms with van der Waals surface area (Å²) in [7, 11) is 2.76. The fraction of sp³-hybridized carbons (Fsp3) is 0.357. The number of allylic oxidation sites excluding steroid dienone is 1. The molecular weight excluding hydrogens is 432 g/mol. The third-order valence-electron chi connectivity index (χ3n) is 5.10. The Balaban J connectivity index is 0.000000380. The average molecular weight is 469 g/mol. The van der Waals surface area contributed by atoms with Crippen LogP contribution in [0.4, 0.5) is 0 Å². The monoisotopic (exact) mass is 468 g/mol. The van der Waals surface area contributed by atoms with Crippen molar-refractivity contribution >= 4 is 23.6 Å². The van der Waals surface area contributed by atoms with Gasteiger partial charge in [-0.1, -0.05) is 99.7 Å². The molecule has 0 saturated carbocycles. The highest BCUT2D eigenvalue weighted by Gasteiger charge is 2.16. The molecule has 0 amide bonds. The summed E-state index contributed by atoms with van der Waals surface area (Å²) in [5.41, 5.74) is 2.54. The van der Waals surface area contributed by atoms with E-state index in [9.17, 15) is 14.7 Å². The second kappa shape index (κ2) is 17.0. The highest BCUT2D eigenvalue weighted by molar-refractivity contribution is 5.94. The molecule has 0 unspecified atom stereocenters. The molecule has 184 valence electrons. The van der Waals surface area contributed by atoms with Crippen LogP contribution in [0, 0.1) is 0 Å². The van der Waals surface area contributed by atoms with Crippen LogP contribution < -0.4 is 0 Å². The van der Waals surface area contributed by atoms with E-state index in [2.05, 4.69) is 11.7 Å². The van der Waals surface area contributed by atoms with Crippen molar-refractivity contribution in [1.82, 2.24) is 0 Å². The summed E-state index contributed by atoms with van der Waals surface area (Å²) in [6.45, 7) is 2.20. The zero-order valence-corrected chi connectivity index (χ0v) is 20.3. The third kappa shape index (κ3) is 10.9. The minimum Gasteiger partial charge on any atom is -0.490 e. The normalized spacial score (nSPS) is 11.6. The van der Waals surface area contributed by atoms with Gasteiger partial charge in [0.1, 0.15) is 0 Å². The van der Waals surface area contributed by atoms with Crippen molar-refractivity contribution in [3.8, 4) is 0 Å². The minimum atomic E-state index is -1.06. The molecule has 6 nitrogen and oxygen atoms in total. The summed E-state index contributed by atoms with van der Waals surface area (Å²) in [6.07, 6.45) is 9.33. The molecule has 0 heterocycles. The summed E-state index contributed by atoms with van der Waals surface area (Å²) >= 11 is 0. The maximum Gasteiger partial charge on any atom is 0.371 e. The Bertz CT molecular complexity index is 916. The van der Waals surface area contributed by atoms with Gasteiger partial charge < -0.3 is 19.7 Å². The Labute approximate surface area is 202 Å². The van der Waals surface area contributed by atoms with Gasteiger partial charge in [0.15, 0.2) is 0 Å². The number of carbonyl (C=O) groups is 2. The first kappa shape index (κ1) is 28.5. The van der Waals surface area contributed by atoms with E-state index >= 15 is 0 Å². The van der Waals surface area contributed by atoms with E-state index in [0.717, 1.165) is 36.0 Å². The molecule has 0 fully saturated rings. The molecule has 0 atom stereocenters. The van der Waals surface area contributed by atoms with Crippen LogP contribution in [0.25, 0.3) is 11.6 Å². The molecule has 0 aliphatic carbocycles. The van der Waals surface area contributed by atoms with Crippen molar-refractivity contribution < 1.29 is 29.3 Å². The van der Waals surface area contributed by atoms with Crippen LogP contribution in [0.2, 0.25) is 0 Å². The van der Waals surface area contributed by atoms with Crippen molar-refractivity contribution in [3.63, 3.8) is 0 Å². The molecule has 0 radical (unpaired) electrons. The number of carboxylic acids is 2. The Kier molecular flexibility index (Phi) is 14.3. The Morgan fingerprint density at radius 1 is 0.765 bits per heavy atom. The lowest BCUT2D eigenvalue weighted by molar-refractivity contribution is -0.136. The van der Waals surface area contributed by atoms with Crippen molar-refractivity contribution in [3.05, 3.63) is 83.3 Å². The molecule has 0 aliphatic rings. The Morgan fingerprint density at radius 3 is 1.82 bits per heavy atom. The van der Waals surface area contributed by atoms with Gasteiger partial charge in [-0.3, -0.25) is 0 Å². The summed E-state index contributed by atoms with van der Waals surface area (Å²) in [6, 6.07) is 18.8. The summed E-state index contributed by atoms with van der Waals surface area (Å²) in [5.74, 6) is -2.06. The topological polar surface area (TPSA) is 93.1 Å². The van der Waals surface area contributed by atoms with Gasteiger partial charge in [-0.15, -0.1) is 0 Å². The molecular formula is C28H36O6. The minimum absolute atomic E-state index is 0.0637. The van der Waals surface area contributed by atoms with Crippen LogP contribution in [0.5, 0.6) is 0 Å². The van der Waals surface area contributed by atoms with Crippen molar-refractivity contribution in [2.45, 2.75) is 51.9 Å². The fourth-order valence-corrected chi connectivity index (χ4v) is 3.36. The Hall–Kier alpha value is -3.54. The predicted molar refractivity (Wildman–Crippen MR) is 135 cm³/mol. The number of rotatable bonds is 13. The van der Waals surface area contributed by atoms with Crippen molar-refractivity contribution in [2.75, 3.05) is 14.2 Å². The molecule has 2 rings (SSSR count). The first-order valence-corrected chi connectivity index (χ1v) is 11.5. The molecule has 0 bridgehead atoms. The molecule has 0 aliphatic heterocycles. The third-order valence-corrected chi connectivity index (χ3v) is 5.10. The van der Waals surface area contributed by atoms with Gasteiger partial charge in [-0.2, -0.15) is 0 Å². The van der Waals surface area contributed by atoms with E-state index in [0.29, 0.717) is 0 Å². The number of unbranched alkanes of at least 4 members (excludes halogenated alkanes) is 5. The molecule has 2 N–H and O–H groups in total. The van der Waals surface area contributed by atoms with E-state index < -0.39 is 11.9 Å². The maximum absolute atomic E-state index is 11.3. The van der Waals surface area contributed by atoms with Crippen LogP contribution in [0.15, 0.2) is 72.2 Å². The molecule has 0 spiro atoms. The SMILES string of the molecule is CCCCCCCCC(=C(OC)C(=O)O)c1ccccc1.COC(=Cc1ccccc1)C(=O)O. The lowest BCUT2D eigenvalue weighted by Gasteiger charge is -2.12. The van der Waals surface area contributed by atoms with Gasteiger partial charge in [-0.25, -0.2) is 9.59 Å². The molecule has 0 aromatic heterocycles. The van der Waals surface area contributed by atoms with E-state index in [-0.39, 0.29) is 11.5 Å². The van der Waals surface area contributed by atoms with E-state index in [1.165, 1.54) is 46.0 Å². The lowest BCUT2D eigenvalue weighted by Crippen LogP contribution is -2.06. The first-order valence-electron chi connectivity index (χ1n) is 11.5. The van der Waals surface area contributed by atoms with E-state index in [1.807, 2.05) is 60.7 Å². The maximum atomic E-state index is 11.3. The number of ether oxygens (including phenoxy) is 2. The number of carboxylic acid groups (broad SMARTS) is 2. The van der Waals surface area contributed by atoms with Crippen LogP contribution >= 0.6 is 0 Å². The quantitative estimate of drug-likeness (QED) is 0.194. The molecule has 2 aromatic carbocycles. The van der Waals surface area contributed by atoms with Gasteiger partial charge in [0, 0.05) is 5.57 Å². The average Bonchev–Trinajstić information content (AvgIpc) is 2.85. The van der Waals surface area contributed by atoms with Gasteiger partial charge in [-0.05, 0) is 30.0 Å². The van der Waals surface area contributed by atoms with E-state index in [1.54, 1.807) is 0 Å². The van der Waals surface area contributed by atoms with Gasteiger partial charge in [0.2, 0.25) is 11.5 Å². The molecule has 6 heteroatoms. The standard InChI is InChI=1S/C18H26O3.C10H10O3/c1-3-4-5-6-7-11-14-16(17(21-2)18(19)20)15-12-9-8-10-13-15;1-13-9(10(11)12)7-8-5-3-2-4-6-8/h8-10,12-13H,3-7,11,14H2,1-2H3,(H,19,20);2-7H,1H3,(H,11,12). The van der Waals surface area contributed by atoms with Gasteiger partial charge >= 0.3 is 11.9 Å². The number of aliphatic carboxylic acids is 2. The van der Waals surface area contributed by atoms with Crippen LogP contribution in [-0.4, -0.2) is 36.4 Å². The first-order chi connectivity index (χ1) is 16.4. The largest absolute Gasteiger partial charge is 0.490 e. The summed E-state index contributed by atoms with van der Waals surface area (Å²) in [5, 5.41) is 17.9. The highest BCUT2D eigenvalue weighted by Crippen LogP contribution is 2.26. The Morgan fingerprint density at radius 2 is 1.32 bits per heavy atom. The van der Waals surface area contributed by atoms with Crippen LogP contribution in [0.3, 0.4) is 0 Å². The zero-order valence-electron chi connectivity index (χ0n) is 20.3. The predicted octanol–water partition coefficient (Wildman–Crippen LogP) is 6.64. The van der Waals surface area contributed by atoms with Crippen LogP contribution in [-0.2, 0) is 19.1 Å². The second-order valence-electron chi connectivity index (χ2n) is 7.63. The smallest absolute Gasteiger partial charge is 0.371 e. The van der Waals surface area contributed by atoms with Crippen LogP contribution in [0.1, 0.15) is 63.0 Å². The number of benzene rings is 2. The number of hydrogen-bond donors (Lipinski definition) is 2.